The van der Waals surface area contributed by atoms with Gasteiger partial charge in [-0.15, -0.1) is 0 Å². The molecule has 1 heterocycles. The summed E-state index contributed by atoms with van der Waals surface area (Å²) < 4.78 is 0. The number of halogens is 2. The fraction of sp³-hybridized carbons (Fsp3) is 0.500. The number of nitrogens with one attached hydrogen (secondary N) is 1. The number of aromatic hydroxyl groups is 1. The van der Waals surface area contributed by atoms with Crippen LogP contribution in [0.25, 0.3) is 0 Å². The van der Waals surface area contributed by atoms with Crippen molar-refractivity contribution >= 4 is 35.0 Å². The van der Waals surface area contributed by atoms with Crippen molar-refractivity contribution in [3.05, 3.63) is 27.7 Å². The quantitative estimate of drug-likeness (QED) is 0.888. The van der Waals surface area contributed by atoms with E-state index in [1.807, 2.05) is 11.8 Å². The van der Waals surface area contributed by atoms with Crippen molar-refractivity contribution in [1.29, 1.82) is 0 Å². The second-order valence-electron chi connectivity index (χ2n) is 4.16. The highest BCUT2D eigenvalue weighted by Gasteiger charge is 2.15. The monoisotopic (exact) mass is 291 g/mol. The maximum atomic E-state index is 9.78. The Kier molecular flexibility index (Phi) is 4.86. The van der Waals surface area contributed by atoms with E-state index in [4.69, 9.17) is 23.2 Å². The van der Waals surface area contributed by atoms with Gasteiger partial charge in [0.2, 0.25) is 0 Å². The molecule has 0 amide bonds. The second kappa shape index (κ2) is 6.19. The Balaban J connectivity index is 1.89. The first-order chi connectivity index (χ1) is 8.16. The number of phenols is 1. The van der Waals surface area contributed by atoms with Crippen LogP contribution in [0.2, 0.25) is 10.0 Å². The zero-order chi connectivity index (χ0) is 12.3. The molecule has 0 aliphatic carbocycles. The Morgan fingerprint density at radius 3 is 2.94 bits per heavy atom. The lowest BCUT2D eigenvalue weighted by atomic mass is 10.2. The van der Waals surface area contributed by atoms with Gasteiger partial charge in [-0.05, 0) is 30.7 Å². The molecular weight excluding hydrogens is 277 g/mol. The third-order valence-corrected chi connectivity index (χ3v) is 4.72. The average Bonchev–Trinajstić information content (AvgIpc) is 2.78. The summed E-state index contributed by atoms with van der Waals surface area (Å²) in [6.07, 6.45) is 2.59. The van der Waals surface area contributed by atoms with Crippen LogP contribution in [-0.2, 0) is 6.54 Å². The topological polar surface area (TPSA) is 32.3 Å². The van der Waals surface area contributed by atoms with Gasteiger partial charge < -0.3 is 10.4 Å². The molecule has 2 nitrogen and oxygen atoms in total. The third-order valence-electron chi connectivity index (χ3n) is 2.82. The summed E-state index contributed by atoms with van der Waals surface area (Å²) in [5, 5.41) is 14.7. The molecule has 0 bridgehead atoms. The number of phenolic OH excluding ortho intramolecular Hbond substituents is 1. The molecule has 1 aliphatic rings. The molecule has 2 N–H and O–H groups in total. The highest BCUT2D eigenvalue weighted by atomic mass is 35.5. The van der Waals surface area contributed by atoms with Crippen LogP contribution in [0, 0.1) is 0 Å². The van der Waals surface area contributed by atoms with Gasteiger partial charge >= 0.3 is 0 Å². The van der Waals surface area contributed by atoms with E-state index in [1.165, 1.54) is 18.6 Å². The van der Waals surface area contributed by atoms with Gasteiger partial charge in [0.15, 0.2) is 0 Å². The fourth-order valence-corrected chi connectivity index (χ4v) is 3.70. The molecule has 0 aromatic heterocycles. The van der Waals surface area contributed by atoms with Gasteiger partial charge in [0.1, 0.15) is 5.75 Å². The standard InChI is InChI=1S/C12H15Cl2NOS/c13-9-4-8(12(16)11(14)5-9)6-15-7-10-2-1-3-17-10/h4-5,10,15-16H,1-3,6-7H2. The summed E-state index contributed by atoms with van der Waals surface area (Å²) in [7, 11) is 0. The minimum Gasteiger partial charge on any atom is -0.506 e. The summed E-state index contributed by atoms with van der Waals surface area (Å²) in [6.45, 7) is 1.57. The van der Waals surface area contributed by atoms with E-state index < -0.39 is 0 Å². The summed E-state index contributed by atoms with van der Waals surface area (Å²) in [4.78, 5) is 0. The average molecular weight is 292 g/mol. The van der Waals surface area contributed by atoms with Gasteiger partial charge in [-0.1, -0.05) is 23.2 Å². The Labute approximate surface area is 116 Å². The minimum atomic E-state index is 0.127. The largest absolute Gasteiger partial charge is 0.506 e. The molecule has 1 saturated heterocycles. The van der Waals surface area contributed by atoms with Gasteiger partial charge in [-0.2, -0.15) is 11.8 Å². The molecule has 1 atom stereocenters. The van der Waals surface area contributed by atoms with Crippen molar-refractivity contribution in [1.82, 2.24) is 5.32 Å². The molecule has 17 heavy (non-hydrogen) atoms. The van der Waals surface area contributed by atoms with Crippen molar-refractivity contribution in [3.63, 3.8) is 0 Å². The van der Waals surface area contributed by atoms with Crippen LogP contribution in [0.3, 0.4) is 0 Å². The number of rotatable bonds is 4. The maximum Gasteiger partial charge on any atom is 0.138 e. The molecule has 1 aromatic rings. The molecule has 94 valence electrons. The number of hydrogen-bond acceptors (Lipinski definition) is 3. The zero-order valence-electron chi connectivity index (χ0n) is 9.38. The smallest absolute Gasteiger partial charge is 0.138 e. The Hall–Kier alpha value is -0.0900. The van der Waals surface area contributed by atoms with Gasteiger partial charge in [-0.3, -0.25) is 0 Å². The van der Waals surface area contributed by atoms with Crippen LogP contribution in [-0.4, -0.2) is 22.7 Å². The Bertz CT molecular complexity index is 394. The van der Waals surface area contributed by atoms with Crippen LogP contribution >= 0.6 is 35.0 Å². The molecule has 0 radical (unpaired) electrons. The van der Waals surface area contributed by atoms with Gasteiger partial charge in [-0.25, -0.2) is 0 Å². The van der Waals surface area contributed by atoms with Crippen molar-refractivity contribution in [2.24, 2.45) is 0 Å². The molecule has 1 aromatic carbocycles. The molecule has 1 unspecified atom stereocenters. The molecule has 0 saturated carbocycles. The Morgan fingerprint density at radius 1 is 1.41 bits per heavy atom. The number of hydrogen-bond donors (Lipinski definition) is 2. The van der Waals surface area contributed by atoms with E-state index in [2.05, 4.69) is 5.32 Å². The molecule has 1 fully saturated rings. The van der Waals surface area contributed by atoms with Crippen molar-refractivity contribution in [2.75, 3.05) is 12.3 Å². The molecular formula is C12H15Cl2NOS. The number of thioether (sulfide) groups is 1. The first-order valence-electron chi connectivity index (χ1n) is 5.66. The molecule has 5 heteroatoms. The van der Waals surface area contributed by atoms with E-state index in [9.17, 15) is 5.11 Å². The first kappa shape index (κ1) is 13.3. The van der Waals surface area contributed by atoms with E-state index >= 15 is 0 Å². The highest BCUT2D eigenvalue weighted by molar-refractivity contribution is 8.00. The predicted octanol–water partition coefficient (Wildman–Crippen LogP) is 3.68. The normalized spacial score (nSPS) is 19.8. The van der Waals surface area contributed by atoms with Crippen LogP contribution in [0.4, 0.5) is 0 Å². The highest BCUT2D eigenvalue weighted by Crippen LogP contribution is 2.31. The summed E-state index contributed by atoms with van der Waals surface area (Å²) in [5.74, 6) is 1.39. The second-order valence-corrected chi connectivity index (χ2v) is 6.41. The minimum absolute atomic E-state index is 0.127. The molecule has 2 rings (SSSR count). The SMILES string of the molecule is Oc1c(Cl)cc(Cl)cc1CNCC1CCCS1. The Morgan fingerprint density at radius 2 is 2.24 bits per heavy atom. The number of benzene rings is 1. The van der Waals surface area contributed by atoms with E-state index in [1.54, 1.807) is 12.1 Å². The lowest BCUT2D eigenvalue weighted by Crippen LogP contribution is -2.22. The maximum absolute atomic E-state index is 9.78. The van der Waals surface area contributed by atoms with Gasteiger partial charge in [0.25, 0.3) is 0 Å². The van der Waals surface area contributed by atoms with Crippen LogP contribution in [0.1, 0.15) is 18.4 Å². The summed E-state index contributed by atoms with van der Waals surface area (Å²) >= 11 is 13.8. The lowest BCUT2D eigenvalue weighted by Gasteiger charge is -2.11. The van der Waals surface area contributed by atoms with E-state index in [-0.39, 0.29) is 5.75 Å². The molecule has 0 spiro atoms. The van der Waals surface area contributed by atoms with E-state index in [0.29, 0.717) is 21.8 Å². The van der Waals surface area contributed by atoms with Crippen molar-refractivity contribution < 1.29 is 5.11 Å². The molecule has 1 aliphatic heterocycles. The van der Waals surface area contributed by atoms with Crippen LogP contribution < -0.4 is 5.32 Å². The van der Waals surface area contributed by atoms with Gasteiger partial charge in [0, 0.05) is 28.9 Å². The van der Waals surface area contributed by atoms with Crippen molar-refractivity contribution in [2.45, 2.75) is 24.6 Å². The zero-order valence-corrected chi connectivity index (χ0v) is 11.7. The third kappa shape index (κ3) is 3.68. The van der Waals surface area contributed by atoms with Crippen LogP contribution in [0.5, 0.6) is 5.75 Å². The van der Waals surface area contributed by atoms with Crippen LogP contribution in [0.15, 0.2) is 12.1 Å². The van der Waals surface area contributed by atoms with Crippen molar-refractivity contribution in [3.8, 4) is 5.75 Å². The van der Waals surface area contributed by atoms with E-state index in [0.717, 1.165) is 12.1 Å². The lowest BCUT2D eigenvalue weighted by molar-refractivity contribution is 0.464. The van der Waals surface area contributed by atoms with Gasteiger partial charge in [0.05, 0.1) is 5.02 Å². The predicted molar refractivity (Wildman–Crippen MR) is 75.3 cm³/mol. The fourth-order valence-electron chi connectivity index (χ4n) is 1.93. The summed E-state index contributed by atoms with van der Waals surface area (Å²) in [6, 6.07) is 3.30. The first-order valence-corrected chi connectivity index (χ1v) is 7.46. The summed E-state index contributed by atoms with van der Waals surface area (Å²) in [5.41, 5.74) is 0.755.